The van der Waals surface area contributed by atoms with Crippen LogP contribution in [0.4, 0.5) is 10.1 Å². The molecule has 1 amide bonds. The van der Waals surface area contributed by atoms with Crippen LogP contribution in [0.15, 0.2) is 94.0 Å². The fourth-order valence-electron chi connectivity index (χ4n) is 4.81. The van der Waals surface area contributed by atoms with E-state index in [4.69, 9.17) is 0 Å². The van der Waals surface area contributed by atoms with Gasteiger partial charge in [0.25, 0.3) is 5.91 Å². The summed E-state index contributed by atoms with van der Waals surface area (Å²) < 4.78 is 13.3. The van der Waals surface area contributed by atoms with Crippen LogP contribution in [0.5, 0.6) is 0 Å². The molecule has 2 atom stereocenters. The van der Waals surface area contributed by atoms with Gasteiger partial charge in [-0.2, -0.15) is 11.3 Å². The monoisotopic (exact) mass is 458 g/mol. The maximum Gasteiger partial charge on any atom is 0.254 e. The zero-order valence-electron chi connectivity index (χ0n) is 18.1. The normalized spacial score (nSPS) is 20.4. The first-order chi connectivity index (χ1) is 16.0. The highest BCUT2D eigenvalue weighted by Crippen LogP contribution is 2.46. The predicted molar refractivity (Wildman–Crippen MR) is 128 cm³/mol. The lowest BCUT2D eigenvalue weighted by molar-refractivity contribution is -0.116. The summed E-state index contributed by atoms with van der Waals surface area (Å²) in [4.78, 5) is 26.9. The van der Waals surface area contributed by atoms with Crippen LogP contribution >= 0.6 is 11.3 Å². The Morgan fingerprint density at radius 2 is 1.79 bits per heavy atom. The second-order valence-corrected chi connectivity index (χ2v) is 9.23. The lowest BCUT2D eigenvalue weighted by Crippen LogP contribution is -2.36. The third-order valence-electron chi connectivity index (χ3n) is 6.32. The van der Waals surface area contributed by atoms with E-state index in [2.05, 4.69) is 22.8 Å². The third-order valence-corrected chi connectivity index (χ3v) is 7.02. The second kappa shape index (κ2) is 8.79. The first kappa shape index (κ1) is 21.3. The molecule has 2 unspecified atom stereocenters. The Morgan fingerprint density at radius 3 is 2.48 bits per heavy atom. The zero-order chi connectivity index (χ0) is 22.9. The Bertz CT molecular complexity index is 1260. The summed E-state index contributed by atoms with van der Waals surface area (Å²) in [7, 11) is 0. The van der Waals surface area contributed by atoms with E-state index in [0.29, 0.717) is 23.3 Å². The topological polar surface area (TPSA) is 58.2 Å². The van der Waals surface area contributed by atoms with Gasteiger partial charge < -0.3 is 10.6 Å². The van der Waals surface area contributed by atoms with Crippen molar-refractivity contribution in [2.45, 2.75) is 31.6 Å². The number of allylic oxidation sites excluding steroid dienone is 3. The summed E-state index contributed by atoms with van der Waals surface area (Å²) in [6.07, 6.45) is 1.13. The summed E-state index contributed by atoms with van der Waals surface area (Å²) >= 11 is 1.54. The highest BCUT2D eigenvalue weighted by molar-refractivity contribution is 7.08. The Morgan fingerprint density at radius 1 is 1.03 bits per heavy atom. The minimum absolute atomic E-state index is 0.0633. The number of Topliss-reactive ketones (excluding diaryl/α,β-unsaturated/α-hetero) is 1. The number of thiophene rings is 1. The molecule has 3 aromatic rings. The van der Waals surface area contributed by atoms with E-state index in [1.54, 1.807) is 11.3 Å². The summed E-state index contributed by atoms with van der Waals surface area (Å²) in [5.74, 6) is -0.928. The minimum atomic E-state index is -0.433. The molecule has 2 heterocycles. The standard InChI is InChI=1S/C27H23FN2O2S/c1-16-24(27(32)30-21-9-7-20(28)8-10-21)25(18-11-12-33-15-18)26-22(29-16)13-19(14-23(26)31)17-5-3-2-4-6-17/h2-12,15,19,25,29H,13-14H2,1H3,(H,30,32). The van der Waals surface area contributed by atoms with Crippen molar-refractivity contribution in [3.05, 3.63) is 111 Å². The van der Waals surface area contributed by atoms with Crippen molar-refractivity contribution in [1.82, 2.24) is 5.32 Å². The fraction of sp³-hybridized carbons (Fsp3) is 0.185. The van der Waals surface area contributed by atoms with Crippen LogP contribution in [-0.4, -0.2) is 11.7 Å². The van der Waals surface area contributed by atoms with Gasteiger partial charge in [-0.05, 0) is 71.5 Å². The number of hydrogen-bond donors (Lipinski definition) is 2. The molecular formula is C27H23FN2O2S. The van der Waals surface area contributed by atoms with Gasteiger partial charge in [0.05, 0.1) is 0 Å². The number of amides is 1. The van der Waals surface area contributed by atoms with E-state index >= 15 is 0 Å². The van der Waals surface area contributed by atoms with Gasteiger partial charge in [0.2, 0.25) is 0 Å². The highest BCUT2D eigenvalue weighted by atomic mass is 32.1. The molecule has 2 N–H and O–H groups in total. The Balaban J connectivity index is 1.52. The van der Waals surface area contributed by atoms with Crippen molar-refractivity contribution in [3.63, 3.8) is 0 Å². The van der Waals surface area contributed by atoms with Gasteiger partial charge in [0.1, 0.15) is 5.82 Å². The van der Waals surface area contributed by atoms with Gasteiger partial charge in [-0.1, -0.05) is 30.3 Å². The summed E-state index contributed by atoms with van der Waals surface area (Å²) in [5.41, 5.74) is 5.40. The number of dihydropyridines is 1. The number of carbonyl (C=O) groups excluding carboxylic acids is 2. The molecule has 1 aromatic heterocycles. The van der Waals surface area contributed by atoms with Crippen LogP contribution in [0.1, 0.15) is 42.7 Å². The largest absolute Gasteiger partial charge is 0.362 e. The molecule has 0 spiro atoms. The molecule has 1 aliphatic heterocycles. The van der Waals surface area contributed by atoms with Gasteiger partial charge in [-0.15, -0.1) is 0 Å². The molecule has 33 heavy (non-hydrogen) atoms. The van der Waals surface area contributed by atoms with Gasteiger partial charge in [0.15, 0.2) is 5.78 Å². The lowest BCUT2D eigenvalue weighted by Gasteiger charge is -2.36. The summed E-state index contributed by atoms with van der Waals surface area (Å²) in [6.45, 7) is 1.87. The third kappa shape index (κ3) is 4.14. The number of nitrogens with one attached hydrogen (secondary N) is 2. The van der Waals surface area contributed by atoms with Crippen LogP contribution in [0.3, 0.4) is 0 Å². The molecule has 2 aromatic carbocycles. The number of anilines is 1. The number of ketones is 1. The summed E-state index contributed by atoms with van der Waals surface area (Å²) in [6, 6.07) is 17.7. The van der Waals surface area contributed by atoms with Crippen molar-refractivity contribution in [1.29, 1.82) is 0 Å². The second-order valence-electron chi connectivity index (χ2n) is 8.45. The molecule has 1 aliphatic carbocycles. The fourth-order valence-corrected chi connectivity index (χ4v) is 5.49. The first-order valence-electron chi connectivity index (χ1n) is 10.9. The van der Waals surface area contributed by atoms with Crippen LogP contribution < -0.4 is 10.6 Å². The SMILES string of the molecule is CC1=C(C(=O)Nc2ccc(F)cc2)C(c2ccsc2)C2=C(CC(c3ccccc3)CC2=O)N1. The average Bonchev–Trinajstić information content (AvgIpc) is 3.35. The Hall–Kier alpha value is -3.51. The van der Waals surface area contributed by atoms with Crippen molar-refractivity contribution in [2.24, 2.45) is 0 Å². The molecule has 0 saturated carbocycles. The molecule has 0 bridgehead atoms. The van der Waals surface area contributed by atoms with Gasteiger partial charge in [-0.25, -0.2) is 4.39 Å². The van der Waals surface area contributed by atoms with Gasteiger partial charge >= 0.3 is 0 Å². The Kier molecular flexibility index (Phi) is 5.68. The maximum absolute atomic E-state index is 13.5. The van der Waals surface area contributed by atoms with E-state index in [1.165, 1.54) is 24.3 Å². The molecule has 0 saturated heterocycles. The molecule has 4 nitrogen and oxygen atoms in total. The van der Waals surface area contributed by atoms with Crippen molar-refractivity contribution >= 4 is 28.7 Å². The smallest absolute Gasteiger partial charge is 0.254 e. The zero-order valence-corrected chi connectivity index (χ0v) is 18.9. The first-order valence-corrected chi connectivity index (χ1v) is 11.8. The number of benzene rings is 2. The quantitative estimate of drug-likeness (QED) is 0.513. The number of hydrogen-bond acceptors (Lipinski definition) is 4. The summed E-state index contributed by atoms with van der Waals surface area (Å²) in [5, 5.41) is 10.2. The maximum atomic E-state index is 13.5. The van der Waals surface area contributed by atoms with Crippen LogP contribution in [0.2, 0.25) is 0 Å². The van der Waals surface area contributed by atoms with Gasteiger partial charge in [-0.3, -0.25) is 9.59 Å². The minimum Gasteiger partial charge on any atom is -0.362 e. The molecule has 166 valence electrons. The van der Waals surface area contributed by atoms with Crippen LogP contribution in [0.25, 0.3) is 0 Å². The molecule has 0 fully saturated rings. The van der Waals surface area contributed by atoms with Crippen molar-refractivity contribution < 1.29 is 14.0 Å². The van der Waals surface area contributed by atoms with E-state index in [-0.39, 0.29) is 23.4 Å². The van der Waals surface area contributed by atoms with E-state index in [1.807, 2.05) is 41.9 Å². The van der Waals surface area contributed by atoms with Crippen LogP contribution in [0, 0.1) is 5.82 Å². The Labute approximate surface area is 195 Å². The molecule has 6 heteroatoms. The molecule has 2 aliphatic rings. The number of carbonyl (C=O) groups is 2. The molecular weight excluding hydrogens is 435 g/mol. The van der Waals surface area contributed by atoms with Gasteiger partial charge in [0, 0.05) is 40.6 Å². The highest BCUT2D eigenvalue weighted by Gasteiger charge is 2.41. The van der Waals surface area contributed by atoms with E-state index in [0.717, 1.165) is 28.9 Å². The van der Waals surface area contributed by atoms with Crippen molar-refractivity contribution in [3.8, 4) is 0 Å². The lowest BCUT2D eigenvalue weighted by atomic mass is 9.72. The van der Waals surface area contributed by atoms with E-state index in [9.17, 15) is 14.0 Å². The van der Waals surface area contributed by atoms with Crippen molar-refractivity contribution in [2.75, 3.05) is 5.32 Å². The number of rotatable bonds is 4. The average molecular weight is 459 g/mol. The van der Waals surface area contributed by atoms with Crippen LogP contribution in [-0.2, 0) is 9.59 Å². The molecule has 0 radical (unpaired) electrons. The molecule has 5 rings (SSSR count). The number of halogens is 1. The van der Waals surface area contributed by atoms with E-state index < -0.39 is 5.92 Å². The predicted octanol–water partition coefficient (Wildman–Crippen LogP) is 5.89.